The third-order valence-corrected chi connectivity index (χ3v) is 3.35. The molecule has 94 valence electrons. The Hall–Kier alpha value is -0.640. The van der Waals surface area contributed by atoms with Crippen LogP contribution in [-0.2, 0) is 4.74 Å². The summed E-state index contributed by atoms with van der Waals surface area (Å²) < 4.78 is 5.69. The van der Waals surface area contributed by atoms with Crippen molar-refractivity contribution < 1.29 is 4.74 Å². The first kappa shape index (κ1) is 12.8. The number of halogens is 2. The van der Waals surface area contributed by atoms with Crippen LogP contribution >= 0.6 is 23.2 Å². The minimum Gasteiger partial charge on any atom is -0.399 e. The third kappa shape index (κ3) is 2.79. The quantitative estimate of drug-likeness (QED) is 0.800. The number of nitrogens with zero attached hydrogens (tertiary/aromatic N) is 1. The predicted molar refractivity (Wildman–Crippen MR) is 73.1 cm³/mol. The number of anilines is 2. The van der Waals surface area contributed by atoms with E-state index in [9.17, 15) is 0 Å². The van der Waals surface area contributed by atoms with Crippen LogP contribution in [0, 0.1) is 0 Å². The highest BCUT2D eigenvalue weighted by molar-refractivity contribution is 6.39. The van der Waals surface area contributed by atoms with Crippen molar-refractivity contribution in [1.29, 1.82) is 0 Å². The third-order valence-electron chi connectivity index (χ3n) is 2.78. The van der Waals surface area contributed by atoms with Crippen LogP contribution in [-0.4, -0.2) is 25.3 Å². The molecule has 3 nitrogen and oxygen atoms in total. The smallest absolute Gasteiger partial charge is 0.0748 e. The number of nitrogen functional groups attached to an aromatic ring is 1. The molecular formula is C12H16Cl2N2O. The van der Waals surface area contributed by atoms with Gasteiger partial charge in [0, 0.05) is 18.8 Å². The van der Waals surface area contributed by atoms with Crippen molar-refractivity contribution >= 4 is 34.6 Å². The van der Waals surface area contributed by atoms with Gasteiger partial charge in [-0.05, 0) is 26.0 Å². The Labute approximate surface area is 111 Å². The van der Waals surface area contributed by atoms with Crippen molar-refractivity contribution in [2.75, 3.05) is 23.7 Å². The van der Waals surface area contributed by atoms with Gasteiger partial charge in [0.25, 0.3) is 0 Å². The predicted octanol–water partition coefficient (Wildman–Crippen LogP) is 3.19. The van der Waals surface area contributed by atoms with Crippen molar-refractivity contribution in [1.82, 2.24) is 0 Å². The highest BCUT2D eigenvalue weighted by atomic mass is 35.5. The Kier molecular flexibility index (Phi) is 3.71. The maximum Gasteiger partial charge on any atom is 0.0748 e. The van der Waals surface area contributed by atoms with Gasteiger partial charge in [0.2, 0.25) is 0 Å². The molecule has 0 bridgehead atoms. The van der Waals surface area contributed by atoms with E-state index in [1.165, 1.54) is 0 Å². The normalized spacial score (nSPS) is 25.1. The van der Waals surface area contributed by atoms with E-state index in [4.69, 9.17) is 33.7 Å². The average molecular weight is 275 g/mol. The van der Waals surface area contributed by atoms with Crippen LogP contribution in [0.15, 0.2) is 12.1 Å². The van der Waals surface area contributed by atoms with E-state index in [0.29, 0.717) is 15.7 Å². The number of morpholine rings is 1. The number of ether oxygens (including phenoxy) is 1. The molecule has 0 spiro atoms. The molecule has 2 atom stereocenters. The SMILES string of the molecule is C[C@@H]1CN(c2c(Cl)cc(N)cc2Cl)C[C@H](C)O1. The van der Waals surface area contributed by atoms with Crippen molar-refractivity contribution in [3.8, 4) is 0 Å². The van der Waals surface area contributed by atoms with Gasteiger partial charge in [0.05, 0.1) is 27.9 Å². The molecule has 17 heavy (non-hydrogen) atoms. The molecule has 2 N–H and O–H groups in total. The first-order valence-corrected chi connectivity index (χ1v) is 6.38. The molecule has 0 saturated carbocycles. The van der Waals surface area contributed by atoms with Crippen LogP contribution in [0.1, 0.15) is 13.8 Å². The standard InChI is InChI=1S/C12H16Cl2N2O/c1-7-5-16(6-8(2)17-7)12-10(13)3-9(15)4-11(12)14/h3-4,7-8H,5-6,15H2,1-2H3/t7-,8+. The molecule has 0 radical (unpaired) electrons. The second-order valence-electron chi connectivity index (χ2n) is 4.50. The molecule has 1 saturated heterocycles. The minimum absolute atomic E-state index is 0.170. The van der Waals surface area contributed by atoms with E-state index in [0.717, 1.165) is 18.8 Å². The molecule has 0 unspecified atom stereocenters. The summed E-state index contributed by atoms with van der Waals surface area (Å²) in [5.74, 6) is 0. The van der Waals surface area contributed by atoms with E-state index in [-0.39, 0.29) is 12.2 Å². The van der Waals surface area contributed by atoms with Crippen LogP contribution in [0.3, 0.4) is 0 Å². The lowest BCUT2D eigenvalue weighted by Crippen LogP contribution is -2.45. The maximum absolute atomic E-state index is 6.22. The zero-order valence-electron chi connectivity index (χ0n) is 9.91. The van der Waals surface area contributed by atoms with Gasteiger partial charge >= 0.3 is 0 Å². The lowest BCUT2D eigenvalue weighted by molar-refractivity contribution is -0.00519. The lowest BCUT2D eigenvalue weighted by Gasteiger charge is -2.37. The van der Waals surface area contributed by atoms with Gasteiger partial charge < -0.3 is 15.4 Å². The maximum atomic E-state index is 6.22. The first-order valence-electron chi connectivity index (χ1n) is 5.62. The average Bonchev–Trinajstić information content (AvgIpc) is 2.13. The van der Waals surface area contributed by atoms with E-state index in [1.54, 1.807) is 12.1 Å². The molecule has 1 heterocycles. The fraction of sp³-hybridized carbons (Fsp3) is 0.500. The Balaban J connectivity index is 2.33. The molecule has 1 aromatic rings. The zero-order chi connectivity index (χ0) is 12.6. The Morgan fingerprint density at radius 3 is 2.12 bits per heavy atom. The monoisotopic (exact) mass is 274 g/mol. The van der Waals surface area contributed by atoms with Crippen LogP contribution in [0.5, 0.6) is 0 Å². The Morgan fingerprint density at radius 2 is 1.65 bits per heavy atom. The van der Waals surface area contributed by atoms with Crippen molar-refractivity contribution in [2.45, 2.75) is 26.1 Å². The summed E-state index contributed by atoms with van der Waals surface area (Å²) >= 11 is 12.4. The van der Waals surface area contributed by atoms with Gasteiger partial charge in [-0.3, -0.25) is 0 Å². The number of hydrogen-bond donors (Lipinski definition) is 1. The summed E-state index contributed by atoms with van der Waals surface area (Å²) in [5.41, 5.74) is 7.13. The fourth-order valence-corrected chi connectivity index (χ4v) is 2.99. The van der Waals surface area contributed by atoms with Gasteiger partial charge in [-0.2, -0.15) is 0 Å². The van der Waals surface area contributed by atoms with Gasteiger partial charge in [0.15, 0.2) is 0 Å². The Bertz CT molecular complexity index is 392. The topological polar surface area (TPSA) is 38.5 Å². The fourth-order valence-electron chi connectivity index (χ4n) is 2.25. The van der Waals surface area contributed by atoms with Crippen LogP contribution < -0.4 is 10.6 Å². The summed E-state index contributed by atoms with van der Waals surface area (Å²) in [6.07, 6.45) is 0.340. The molecule has 1 aliphatic rings. The van der Waals surface area contributed by atoms with Crippen molar-refractivity contribution in [3.05, 3.63) is 22.2 Å². The van der Waals surface area contributed by atoms with Gasteiger partial charge in [-0.1, -0.05) is 23.2 Å². The van der Waals surface area contributed by atoms with E-state index < -0.39 is 0 Å². The summed E-state index contributed by atoms with van der Waals surface area (Å²) in [6.45, 7) is 5.66. The number of nitrogens with two attached hydrogens (primary N) is 1. The number of benzene rings is 1. The largest absolute Gasteiger partial charge is 0.399 e. The van der Waals surface area contributed by atoms with Crippen LogP contribution in [0.2, 0.25) is 10.0 Å². The van der Waals surface area contributed by atoms with Crippen LogP contribution in [0.25, 0.3) is 0 Å². The highest BCUT2D eigenvalue weighted by Gasteiger charge is 2.25. The highest BCUT2D eigenvalue weighted by Crippen LogP contribution is 2.37. The summed E-state index contributed by atoms with van der Waals surface area (Å²) in [6, 6.07) is 3.46. The second-order valence-corrected chi connectivity index (χ2v) is 5.31. The molecule has 0 amide bonds. The molecule has 0 aromatic heterocycles. The molecule has 2 rings (SSSR count). The van der Waals surface area contributed by atoms with Crippen LogP contribution in [0.4, 0.5) is 11.4 Å². The molecule has 1 fully saturated rings. The van der Waals surface area contributed by atoms with E-state index in [2.05, 4.69) is 4.90 Å². The second kappa shape index (κ2) is 4.92. The van der Waals surface area contributed by atoms with Crippen molar-refractivity contribution in [3.63, 3.8) is 0 Å². The van der Waals surface area contributed by atoms with E-state index >= 15 is 0 Å². The molecule has 5 heteroatoms. The van der Waals surface area contributed by atoms with Gasteiger partial charge in [-0.15, -0.1) is 0 Å². The molecule has 1 aliphatic heterocycles. The van der Waals surface area contributed by atoms with Crippen molar-refractivity contribution in [2.24, 2.45) is 0 Å². The van der Waals surface area contributed by atoms with Gasteiger partial charge in [-0.25, -0.2) is 0 Å². The summed E-state index contributed by atoms with van der Waals surface area (Å²) in [5, 5.41) is 1.19. The summed E-state index contributed by atoms with van der Waals surface area (Å²) in [7, 11) is 0. The molecular weight excluding hydrogens is 259 g/mol. The number of hydrogen-bond acceptors (Lipinski definition) is 3. The molecule has 1 aromatic carbocycles. The Morgan fingerprint density at radius 1 is 1.18 bits per heavy atom. The number of rotatable bonds is 1. The lowest BCUT2D eigenvalue weighted by atomic mass is 10.2. The minimum atomic E-state index is 0.170. The van der Waals surface area contributed by atoms with E-state index in [1.807, 2.05) is 13.8 Å². The first-order chi connectivity index (χ1) is 7.97. The zero-order valence-corrected chi connectivity index (χ0v) is 11.4. The van der Waals surface area contributed by atoms with Gasteiger partial charge in [0.1, 0.15) is 0 Å². The molecule has 0 aliphatic carbocycles. The summed E-state index contributed by atoms with van der Waals surface area (Å²) in [4.78, 5) is 2.16.